The third-order valence-electron chi connectivity index (χ3n) is 6.76. The monoisotopic (exact) mass is 306 g/mol. The van der Waals surface area contributed by atoms with Crippen LogP contribution in [0.4, 0.5) is 0 Å². The van der Waals surface area contributed by atoms with Gasteiger partial charge in [0.05, 0.1) is 18.8 Å². The molecule has 0 aromatic carbocycles. The second kappa shape index (κ2) is 6.26. The van der Waals surface area contributed by atoms with Crippen molar-refractivity contribution >= 4 is 0 Å². The lowest BCUT2D eigenvalue weighted by Crippen LogP contribution is -2.36. The van der Waals surface area contributed by atoms with Crippen molar-refractivity contribution in [3.05, 3.63) is 11.1 Å². The van der Waals surface area contributed by atoms with Crippen LogP contribution >= 0.6 is 0 Å². The summed E-state index contributed by atoms with van der Waals surface area (Å²) in [5.74, 6) is 2.34. The molecule has 4 unspecified atom stereocenters. The quantitative estimate of drug-likeness (QED) is 0.770. The third kappa shape index (κ3) is 2.55. The predicted octanol–water partition coefficient (Wildman–Crippen LogP) is 3.19. The summed E-state index contributed by atoms with van der Waals surface area (Å²) in [5.41, 5.74) is 3.28. The fourth-order valence-corrected chi connectivity index (χ4v) is 5.77. The van der Waals surface area contributed by atoms with Gasteiger partial charge in [-0.25, -0.2) is 0 Å². The normalized spacial score (nSPS) is 45.5. The number of hydrogen-bond acceptors (Lipinski definition) is 3. The highest BCUT2D eigenvalue weighted by atomic mass is 16.5. The standard InChI is InChI=1S/C19H30O3/c20-11-18-16(21)10-17(22-18)19-14-7-3-1-5-12(14)9-13-6-2-4-8-15(13)19/h12-14,16-18,20-21H,1-11H2/t12?,13?,14?,16?,17-,18+/m0/s1. The molecule has 22 heavy (non-hydrogen) atoms. The van der Waals surface area contributed by atoms with Gasteiger partial charge in [0, 0.05) is 6.42 Å². The van der Waals surface area contributed by atoms with Crippen LogP contribution in [0.3, 0.4) is 0 Å². The molecule has 1 aliphatic heterocycles. The number of fused-ring (bicyclic) bond motifs is 2. The smallest absolute Gasteiger partial charge is 0.107 e. The summed E-state index contributed by atoms with van der Waals surface area (Å²) in [6.07, 6.45) is 12.1. The lowest BCUT2D eigenvalue weighted by Gasteiger charge is -2.46. The van der Waals surface area contributed by atoms with E-state index < -0.39 is 6.10 Å². The summed E-state index contributed by atoms with van der Waals surface area (Å²) in [7, 11) is 0. The van der Waals surface area contributed by atoms with Crippen LogP contribution in [0.5, 0.6) is 0 Å². The Morgan fingerprint density at radius 2 is 1.82 bits per heavy atom. The molecule has 0 aromatic rings. The van der Waals surface area contributed by atoms with Crippen molar-refractivity contribution in [2.24, 2.45) is 17.8 Å². The van der Waals surface area contributed by atoms with E-state index in [1.165, 1.54) is 57.8 Å². The van der Waals surface area contributed by atoms with E-state index in [2.05, 4.69) is 0 Å². The highest BCUT2D eigenvalue weighted by molar-refractivity contribution is 5.30. The Morgan fingerprint density at radius 1 is 1.00 bits per heavy atom. The average Bonchev–Trinajstić information content (AvgIpc) is 2.93. The van der Waals surface area contributed by atoms with Crippen LogP contribution in [0.15, 0.2) is 11.1 Å². The van der Waals surface area contributed by atoms with Gasteiger partial charge in [-0.3, -0.25) is 0 Å². The van der Waals surface area contributed by atoms with E-state index in [9.17, 15) is 10.2 Å². The highest BCUT2D eigenvalue weighted by Crippen LogP contribution is 2.52. The molecule has 0 aromatic heterocycles. The molecular formula is C19H30O3. The van der Waals surface area contributed by atoms with Crippen LogP contribution in [0.25, 0.3) is 0 Å². The summed E-state index contributed by atoms with van der Waals surface area (Å²) in [6.45, 7) is -0.0577. The van der Waals surface area contributed by atoms with Gasteiger partial charge in [0.1, 0.15) is 6.10 Å². The molecule has 3 heteroatoms. The van der Waals surface area contributed by atoms with E-state index in [0.717, 1.165) is 11.8 Å². The zero-order valence-corrected chi connectivity index (χ0v) is 13.5. The zero-order chi connectivity index (χ0) is 15.1. The van der Waals surface area contributed by atoms with Gasteiger partial charge in [0.2, 0.25) is 0 Å². The number of allylic oxidation sites excluding steroid dienone is 1. The van der Waals surface area contributed by atoms with Crippen LogP contribution in [0.2, 0.25) is 0 Å². The summed E-state index contributed by atoms with van der Waals surface area (Å²) in [4.78, 5) is 0. The van der Waals surface area contributed by atoms with E-state index in [1.54, 1.807) is 11.1 Å². The molecule has 124 valence electrons. The first-order valence-corrected chi connectivity index (χ1v) is 9.45. The minimum atomic E-state index is -0.492. The van der Waals surface area contributed by atoms with E-state index in [4.69, 9.17) is 4.74 Å². The Bertz CT molecular complexity index is 444. The summed E-state index contributed by atoms with van der Waals surface area (Å²) >= 11 is 0. The van der Waals surface area contributed by atoms with Gasteiger partial charge in [-0.15, -0.1) is 0 Å². The van der Waals surface area contributed by atoms with Crippen molar-refractivity contribution in [1.29, 1.82) is 0 Å². The van der Waals surface area contributed by atoms with Crippen molar-refractivity contribution in [2.45, 2.75) is 82.5 Å². The Hall–Kier alpha value is -0.380. The Labute approximate surface area is 133 Å². The van der Waals surface area contributed by atoms with Crippen LogP contribution in [0, 0.1) is 17.8 Å². The molecule has 4 rings (SSSR count). The lowest BCUT2D eigenvalue weighted by atomic mass is 9.60. The molecule has 0 spiro atoms. The lowest BCUT2D eigenvalue weighted by molar-refractivity contribution is -0.0186. The molecule has 6 atom stereocenters. The third-order valence-corrected chi connectivity index (χ3v) is 6.76. The van der Waals surface area contributed by atoms with Crippen molar-refractivity contribution in [1.82, 2.24) is 0 Å². The largest absolute Gasteiger partial charge is 0.394 e. The van der Waals surface area contributed by atoms with Crippen molar-refractivity contribution < 1.29 is 14.9 Å². The first-order valence-electron chi connectivity index (χ1n) is 9.45. The van der Waals surface area contributed by atoms with E-state index >= 15 is 0 Å². The molecule has 0 radical (unpaired) electrons. The Balaban J connectivity index is 1.67. The fraction of sp³-hybridized carbons (Fsp3) is 0.895. The molecule has 3 nitrogen and oxygen atoms in total. The van der Waals surface area contributed by atoms with Crippen LogP contribution in [0.1, 0.15) is 64.2 Å². The maximum absolute atomic E-state index is 10.2. The fourth-order valence-electron chi connectivity index (χ4n) is 5.77. The number of hydrogen-bond donors (Lipinski definition) is 2. The number of rotatable bonds is 2. The van der Waals surface area contributed by atoms with Gasteiger partial charge in [0.25, 0.3) is 0 Å². The van der Waals surface area contributed by atoms with Crippen molar-refractivity contribution in [3.8, 4) is 0 Å². The maximum atomic E-state index is 10.2. The molecular weight excluding hydrogens is 276 g/mol. The molecule has 2 saturated carbocycles. The summed E-state index contributed by atoms with van der Waals surface area (Å²) in [5, 5.41) is 19.6. The van der Waals surface area contributed by atoms with Gasteiger partial charge in [-0.1, -0.05) is 24.8 Å². The zero-order valence-electron chi connectivity index (χ0n) is 13.5. The summed E-state index contributed by atoms with van der Waals surface area (Å²) in [6, 6.07) is 0. The van der Waals surface area contributed by atoms with Gasteiger partial charge in [-0.05, 0) is 61.9 Å². The van der Waals surface area contributed by atoms with Gasteiger partial charge < -0.3 is 14.9 Å². The molecule has 3 fully saturated rings. The molecule has 0 bridgehead atoms. The maximum Gasteiger partial charge on any atom is 0.107 e. The summed E-state index contributed by atoms with van der Waals surface area (Å²) < 4.78 is 6.10. The van der Waals surface area contributed by atoms with Crippen molar-refractivity contribution in [2.75, 3.05) is 6.61 Å². The molecule has 4 aliphatic rings. The number of ether oxygens (including phenoxy) is 1. The second-order valence-corrected chi connectivity index (χ2v) is 7.96. The topological polar surface area (TPSA) is 49.7 Å². The number of aliphatic hydroxyl groups is 2. The molecule has 2 N–H and O–H groups in total. The Morgan fingerprint density at radius 3 is 2.64 bits per heavy atom. The van der Waals surface area contributed by atoms with Gasteiger partial charge in [0.15, 0.2) is 0 Å². The predicted molar refractivity (Wildman–Crippen MR) is 85.4 cm³/mol. The van der Waals surface area contributed by atoms with E-state index in [0.29, 0.717) is 12.3 Å². The minimum Gasteiger partial charge on any atom is -0.394 e. The van der Waals surface area contributed by atoms with Crippen molar-refractivity contribution in [3.63, 3.8) is 0 Å². The molecule has 1 heterocycles. The highest BCUT2D eigenvalue weighted by Gasteiger charge is 2.45. The van der Waals surface area contributed by atoms with Crippen LogP contribution in [-0.2, 0) is 4.74 Å². The van der Waals surface area contributed by atoms with Gasteiger partial charge in [-0.2, -0.15) is 0 Å². The second-order valence-electron chi connectivity index (χ2n) is 7.96. The first kappa shape index (κ1) is 15.2. The SMILES string of the molecule is OC[C@H]1O[C@H](C2=C3CCCCC3CC3CCCCC23)CC1O. The van der Waals surface area contributed by atoms with Gasteiger partial charge >= 0.3 is 0 Å². The van der Waals surface area contributed by atoms with Crippen LogP contribution in [-0.4, -0.2) is 35.1 Å². The Kier molecular flexibility index (Phi) is 4.31. The average molecular weight is 306 g/mol. The first-order chi connectivity index (χ1) is 10.8. The molecule has 0 amide bonds. The van der Waals surface area contributed by atoms with E-state index in [-0.39, 0.29) is 18.8 Å². The van der Waals surface area contributed by atoms with E-state index in [1.807, 2.05) is 0 Å². The van der Waals surface area contributed by atoms with Crippen LogP contribution < -0.4 is 0 Å². The molecule has 3 aliphatic carbocycles. The number of aliphatic hydroxyl groups excluding tert-OH is 2. The minimum absolute atomic E-state index is 0.0577. The molecule has 1 saturated heterocycles.